The maximum absolute atomic E-state index is 14.1. The lowest BCUT2D eigenvalue weighted by Gasteiger charge is -2.18. The first kappa shape index (κ1) is 14.6. The second-order valence-corrected chi connectivity index (χ2v) is 5.82. The molecular formula is C13H13BrF2N2S. The highest BCUT2D eigenvalue weighted by Crippen LogP contribution is 2.34. The first-order valence-corrected chi connectivity index (χ1v) is 7.43. The molecule has 0 fully saturated rings. The van der Waals surface area contributed by atoms with Crippen molar-refractivity contribution in [3.8, 4) is 0 Å². The molecule has 19 heavy (non-hydrogen) atoms. The van der Waals surface area contributed by atoms with Gasteiger partial charge in [0.15, 0.2) is 0 Å². The molecular weight excluding hydrogens is 334 g/mol. The number of hydrogen-bond donors (Lipinski definition) is 2. The van der Waals surface area contributed by atoms with Gasteiger partial charge in [-0.1, -0.05) is 6.92 Å². The maximum Gasteiger partial charge on any atom is 0.145 e. The molecule has 0 saturated heterocycles. The summed E-state index contributed by atoms with van der Waals surface area (Å²) in [6.45, 7) is 1.99. The Balaban J connectivity index is 2.58. The van der Waals surface area contributed by atoms with Gasteiger partial charge in [0.25, 0.3) is 0 Å². The molecule has 6 heteroatoms. The Morgan fingerprint density at radius 1 is 1.37 bits per heavy atom. The van der Waals surface area contributed by atoms with E-state index < -0.39 is 17.7 Å². The Morgan fingerprint density at radius 3 is 2.74 bits per heavy atom. The summed E-state index contributed by atoms with van der Waals surface area (Å²) in [6.07, 6.45) is 0.786. The van der Waals surface area contributed by atoms with Crippen LogP contribution in [0.4, 0.5) is 8.78 Å². The van der Waals surface area contributed by atoms with E-state index >= 15 is 0 Å². The maximum atomic E-state index is 14.1. The van der Waals surface area contributed by atoms with Crippen LogP contribution in [0, 0.1) is 11.6 Å². The van der Waals surface area contributed by atoms with Gasteiger partial charge in [0, 0.05) is 10.4 Å². The van der Waals surface area contributed by atoms with Gasteiger partial charge in [-0.3, -0.25) is 5.84 Å². The Hall–Kier alpha value is -0.820. The molecule has 1 unspecified atom stereocenters. The van der Waals surface area contributed by atoms with Gasteiger partial charge in [0.2, 0.25) is 0 Å². The van der Waals surface area contributed by atoms with E-state index in [9.17, 15) is 8.78 Å². The predicted molar refractivity (Wildman–Crippen MR) is 76.9 cm³/mol. The zero-order valence-electron chi connectivity index (χ0n) is 10.2. The Labute approximate surface area is 122 Å². The Bertz CT molecular complexity index is 586. The minimum absolute atomic E-state index is 0.0611. The third-order valence-corrected chi connectivity index (χ3v) is 4.60. The monoisotopic (exact) mass is 346 g/mol. The van der Waals surface area contributed by atoms with Gasteiger partial charge in [-0.2, -0.15) is 0 Å². The van der Waals surface area contributed by atoms with Crippen LogP contribution in [0.15, 0.2) is 28.1 Å². The fourth-order valence-corrected chi connectivity index (χ4v) is 3.40. The quantitative estimate of drug-likeness (QED) is 0.500. The zero-order chi connectivity index (χ0) is 14.0. The first-order chi connectivity index (χ1) is 9.10. The lowest BCUT2D eigenvalue weighted by atomic mass is 10.0. The molecule has 0 aliphatic heterocycles. The number of nitrogens with two attached hydrogens (primary N) is 1. The lowest BCUT2D eigenvalue weighted by Crippen LogP contribution is -2.30. The summed E-state index contributed by atoms with van der Waals surface area (Å²) in [5, 5.41) is 1.90. The molecule has 0 saturated carbocycles. The van der Waals surface area contributed by atoms with E-state index in [1.54, 1.807) is 0 Å². The topological polar surface area (TPSA) is 38.0 Å². The molecule has 0 amide bonds. The molecule has 2 nitrogen and oxygen atoms in total. The molecule has 102 valence electrons. The van der Waals surface area contributed by atoms with Crippen molar-refractivity contribution in [2.75, 3.05) is 0 Å². The number of hydrogen-bond acceptors (Lipinski definition) is 3. The second-order valence-electron chi connectivity index (χ2n) is 4.02. The normalized spacial score (nSPS) is 12.7. The summed E-state index contributed by atoms with van der Waals surface area (Å²) >= 11 is 4.50. The van der Waals surface area contributed by atoms with Gasteiger partial charge >= 0.3 is 0 Å². The van der Waals surface area contributed by atoms with E-state index in [1.165, 1.54) is 23.5 Å². The zero-order valence-corrected chi connectivity index (χ0v) is 12.6. The van der Waals surface area contributed by atoms with Crippen molar-refractivity contribution in [1.29, 1.82) is 0 Å². The summed E-state index contributed by atoms with van der Waals surface area (Å²) in [6, 6.07) is 3.83. The van der Waals surface area contributed by atoms with Crippen molar-refractivity contribution in [3.63, 3.8) is 0 Å². The molecule has 1 aromatic heterocycles. The van der Waals surface area contributed by atoms with E-state index in [1.807, 2.05) is 18.4 Å². The molecule has 2 aromatic rings. The van der Waals surface area contributed by atoms with Crippen LogP contribution >= 0.6 is 27.3 Å². The molecule has 0 radical (unpaired) electrons. The van der Waals surface area contributed by atoms with Gasteiger partial charge in [-0.25, -0.2) is 14.2 Å². The number of rotatable bonds is 4. The molecule has 1 heterocycles. The molecule has 1 aromatic carbocycles. The largest absolute Gasteiger partial charge is 0.271 e. The van der Waals surface area contributed by atoms with Crippen LogP contribution in [-0.2, 0) is 6.42 Å². The minimum atomic E-state index is -0.688. The van der Waals surface area contributed by atoms with Crippen LogP contribution in [0.3, 0.4) is 0 Å². The van der Waals surface area contributed by atoms with Crippen molar-refractivity contribution < 1.29 is 8.78 Å². The van der Waals surface area contributed by atoms with Crippen molar-refractivity contribution in [1.82, 2.24) is 5.43 Å². The molecule has 2 rings (SSSR count). The van der Waals surface area contributed by atoms with Crippen molar-refractivity contribution in [2.24, 2.45) is 5.84 Å². The van der Waals surface area contributed by atoms with Gasteiger partial charge in [0.05, 0.1) is 10.5 Å². The van der Waals surface area contributed by atoms with E-state index in [0.29, 0.717) is 0 Å². The van der Waals surface area contributed by atoms with Gasteiger partial charge < -0.3 is 0 Å². The summed E-state index contributed by atoms with van der Waals surface area (Å²) < 4.78 is 28.3. The van der Waals surface area contributed by atoms with Gasteiger partial charge in [0.1, 0.15) is 11.6 Å². The Morgan fingerprint density at radius 2 is 2.11 bits per heavy atom. The smallest absolute Gasteiger partial charge is 0.145 e. The molecule has 1 atom stereocenters. The molecule has 0 aliphatic carbocycles. The summed E-state index contributed by atoms with van der Waals surface area (Å²) in [5.41, 5.74) is 3.49. The van der Waals surface area contributed by atoms with Gasteiger partial charge in [-0.05, 0) is 51.5 Å². The van der Waals surface area contributed by atoms with Crippen molar-refractivity contribution in [2.45, 2.75) is 19.4 Å². The van der Waals surface area contributed by atoms with Crippen LogP contribution in [-0.4, -0.2) is 0 Å². The number of thiophene rings is 1. The summed E-state index contributed by atoms with van der Waals surface area (Å²) in [5.74, 6) is 4.28. The second kappa shape index (κ2) is 6.09. The van der Waals surface area contributed by atoms with Crippen molar-refractivity contribution >= 4 is 27.3 Å². The average Bonchev–Trinajstić information content (AvgIpc) is 2.87. The number of hydrazine groups is 1. The Kier molecular flexibility index (Phi) is 4.67. The number of benzene rings is 1. The summed E-state index contributed by atoms with van der Waals surface area (Å²) in [7, 11) is 0. The fraction of sp³-hybridized carbons (Fsp3) is 0.231. The number of nitrogens with one attached hydrogen (secondary N) is 1. The third-order valence-electron chi connectivity index (χ3n) is 2.96. The molecule has 0 aliphatic rings. The standard InChI is InChI=1S/C13H13BrF2N2S/c1-2-7-5-6-19-13(7)12(18-17)10-9(15)4-3-8(14)11(10)16/h3-6,12,18H,2,17H2,1H3. The average molecular weight is 347 g/mol. The minimum Gasteiger partial charge on any atom is -0.271 e. The summed E-state index contributed by atoms with van der Waals surface area (Å²) in [4.78, 5) is 0.834. The van der Waals surface area contributed by atoms with E-state index in [2.05, 4.69) is 21.4 Å². The van der Waals surface area contributed by atoms with E-state index in [0.717, 1.165) is 16.9 Å². The van der Waals surface area contributed by atoms with Crippen LogP contribution in [0.1, 0.15) is 29.0 Å². The molecule has 3 N–H and O–H groups in total. The molecule has 0 bridgehead atoms. The molecule has 0 spiro atoms. The SMILES string of the molecule is CCc1ccsc1C(NN)c1c(F)ccc(Br)c1F. The van der Waals surface area contributed by atoms with Gasteiger partial charge in [-0.15, -0.1) is 11.3 Å². The van der Waals surface area contributed by atoms with E-state index in [4.69, 9.17) is 5.84 Å². The van der Waals surface area contributed by atoms with Crippen LogP contribution in [0.25, 0.3) is 0 Å². The fourth-order valence-electron chi connectivity index (χ4n) is 1.99. The highest BCUT2D eigenvalue weighted by Gasteiger charge is 2.25. The predicted octanol–water partition coefficient (Wildman–Crippen LogP) is 3.90. The lowest BCUT2D eigenvalue weighted by molar-refractivity contribution is 0.509. The van der Waals surface area contributed by atoms with Crippen molar-refractivity contribution in [3.05, 3.63) is 55.7 Å². The third kappa shape index (κ3) is 2.72. The number of halogens is 3. The highest BCUT2D eigenvalue weighted by molar-refractivity contribution is 9.10. The van der Waals surface area contributed by atoms with Crippen LogP contribution < -0.4 is 11.3 Å². The van der Waals surface area contributed by atoms with Crippen LogP contribution in [0.5, 0.6) is 0 Å². The van der Waals surface area contributed by atoms with E-state index in [-0.39, 0.29) is 10.0 Å². The highest BCUT2D eigenvalue weighted by atomic mass is 79.9. The number of aryl methyl sites for hydroxylation is 1. The van der Waals surface area contributed by atoms with Crippen LogP contribution in [0.2, 0.25) is 0 Å². The first-order valence-electron chi connectivity index (χ1n) is 5.75.